The molecule has 0 bridgehead atoms. The largest absolute Gasteiger partial charge is 0.480 e. The van der Waals surface area contributed by atoms with Crippen molar-refractivity contribution in [1.82, 2.24) is 5.32 Å². The van der Waals surface area contributed by atoms with E-state index in [0.29, 0.717) is 5.69 Å². The molecule has 0 aliphatic carbocycles. The molecular weight excluding hydrogens is 300 g/mol. The molecule has 0 radical (unpaired) electrons. The number of anilines is 1. The summed E-state index contributed by atoms with van der Waals surface area (Å²) >= 11 is 3.35. The van der Waals surface area contributed by atoms with E-state index in [2.05, 4.69) is 26.6 Å². The lowest BCUT2D eigenvalue weighted by molar-refractivity contribution is -0.142. The van der Waals surface area contributed by atoms with Gasteiger partial charge < -0.3 is 15.7 Å². The topological polar surface area (TPSA) is 78.4 Å². The normalized spacial score (nSPS) is 10.9. The number of carboxylic acids is 1. The Balaban J connectivity index is 2.71. The number of hydrogen-bond acceptors (Lipinski definition) is 2. The number of urea groups is 1. The third-order valence-electron chi connectivity index (χ3n) is 2.39. The Morgan fingerprint density at radius 1 is 1.33 bits per heavy atom. The maximum absolute atomic E-state index is 11.6. The van der Waals surface area contributed by atoms with Crippen LogP contribution in [0.1, 0.15) is 19.4 Å². The molecule has 0 saturated heterocycles. The van der Waals surface area contributed by atoms with Crippen molar-refractivity contribution in [3.63, 3.8) is 0 Å². The summed E-state index contributed by atoms with van der Waals surface area (Å²) < 4.78 is 0.873. The van der Waals surface area contributed by atoms with Gasteiger partial charge in [0.25, 0.3) is 0 Å². The molecule has 0 atom stereocenters. The van der Waals surface area contributed by atoms with E-state index in [0.717, 1.165) is 10.0 Å². The molecule has 98 valence electrons. The molecule has 0 aliphatic rings. The summed E-state index contributed by atoms with van der Waals surface area (Å²) in [4.78, 5) is 22.5. The fourth-order valence-corrected chi connectivity index (χ4v) is 1.55. The second kappa shape index (κ2) is 5.39. The average Bonchev–Trinajstić information content (AvgIpc) is 2.22. The van der Waals surface area contributed by atoms with Crippen molar-refractivity contribution in [2.75, 3.05) is 5.32 Å². The van der Waals surface area contributed by atoms with Crippen LogP contribution in [0.4, 0.5) is 10.5 Å². The molecule has 0 heterocycles. The highest BCUT2D eigenvalue weighted by Gasteiger charge is 2.28. The van der Waals surface area contributed by atoms with Gasteiger partial charge in [0.1, 0.15) is 5.54 Å². The summed E-state index contributed by atoms with van der Waals surface area (Å²) in [5.41, 5.74) is 0.324. The Morgan fingerprint density at radius 3 is 2.44 bits per heavy atom. The standard InChI is InChI=1S/C12H15BrN2O3/c1-7-4-5-8(6-9(7)13)14-11(18)15-12(2,3)10(16)17/h4-6H,1-3H3,(H,16,17)(H2,14,15,18). The molecule has 0 aliphatic heterocycles. The number of rotatable bonds is 3. The number of hydrogen-bond donors (Lipinski definition) is 3. The van der Waals surface area contributed by atoms with Crippen LogP contribution in [0.15, 0.2) is 22.7 Å². The summed E-state index contributed by atoms with van der Waals surface area (Å²) in [7, 11) is 0. The van der Waals surface area contributed by atoms with E-state index in [4.69, 9.17) is 5.11 Å². The van der Waals surface area contributed by atoms with Gasteiger partial charge in [0.2, 0.25) is 0 Å². The minimum Gasteiger partial charge on any atom is -0.480 e. The number of carbonyl (C=O) groups excluding carboxylic acids is 1. The smallest absolute Gasteiger partial charge is 0.328 e. The van der Waals surface area contributed by atoms with Gasteiger partial charge >= 0.3 is 12.0 Å². The Bertz CT molecular complexity index is 486. The molecule has 2 amide bonds. The lowest BCUT2D eigenvalue weighted by Gasteiger charge is -2.21. The molecule has 1 aromatic carbocycles. The number of amides is 2. The van der Waals surface area contributed by atoms with Crippen LogP contribution in [-0.4, -0.2) is 22.6 Å². The number of aliphatic carboxylic acids is 1. The number of benzene rings is 1. The Hall–Kier alpha value is -1.56. The van der Waals surface area contributed by atoms with E-state index in [1.165, 1.54) is 13.8 Å². The van der Waals surface area contributed by atoms with Crippen LogP contribution < -0.4 is 10.6 Å². The van der Waals surface area contributed by atoms with Crippen LogP contribution in [0.2, 0.25) is 0 Å². The highest BCUT2D eigenvalue weighted by molar-refractivity contribution is 9.10. The fraction of sp³-hybridized carbons (Fsp3) is 0.333. The first-order valence-electron chi connectivity index (χ1n) is 5.31. The molecule has 5 nitrogen and oxygen atoms in total. The molecular formula is C12H15BrN2O3. The van der Waals surface area contributed by atoms with E-state index in [1.54, 1.807) is 12.1 Å². The number of aryl methyl sites for hydroxylation is 1. The third-order valence-corrected chi connectivity index (χ3v) is 3.24. The van der Waals surface area contributed by atoms with Crippen molar-refractivity contribution in [2.24, 2.45) is 0 Å². The molecule has 3 N–H and O–H groups in total. The highest BCUT2D eigenvalue weighted by Crippen LogP contribution is 2.20. The number of carboxylic acid groups (broad SMARTS) is 1. The Labute approximate surface area is 114 Å². The first-order chi connectivity index (χ1) is 8.22. The number of nitrogens with one attached hydrogen (secondary N) is 2. The van der Waals surface area contributed by atoms with Gasteiger partial charge in [-0.15, -0.1) is 0 Å². The number of carbonyl (C=O) groups is 2. The van der Waals surface area contributed by atoms with Gasteiger partial charge in [0.05, 0.1) is 0 Å². The lowest BCUT2D eigenvalue weighted by atomic mass is 10.1. The Kier molecular flexibility index (Phi) is 4.34. The second-order valence-electron chi connectivity index (χ2n) is 4.47. The third kappa shape index (κ3) is 3.73. The van der Waals surface area contributed by atoms with E-state index < -0.39 is 17.5 Å². The zero-order valence-electron chi connectivity index (χ0n) is 10.4. The van der Waals surface area contributed by atoms with Crippen molar-refractivity contribution in [3.8, 4) is 0 Å². The van der Waals surface area contributed by atoms with Crippen LogP contribution in [0.5, 0.6) is 0 Å². The highest BCUT2D eigenvalue weighted by atomic mass is 79.9. The monoisotopic (exact) mass is 314 g/mol. The minimum atomic E-state index is -1.31. The zero-order chi connectivity index (χ0) is 13.9. The lowest BCUT2D eigenvalue weighted by Crippen LogP contribution is -2.51. The summed E-state index contributed by atoms with van der Waals surface area (Å²) in [6.45, 7) is 4.77. The molecule has 0 unspecified atom stereocenters. The average molecular weight is 315 g/mol. The maximum atomic E-state index is 11.6. The zero-order valence-corrected chi connectivity index (χ0v) is 12.0. The van der Waals surface area contributed by atoms with Crippen molar-refractivity contribution in [3.05, 3.63) is 28.2 Å². The van der Waals surface area contributed by atoms with Crippen molar-refractivity contribution >= 4 is 33.6 Å². The van der Waals surface area contributed by atoms with Gasteiger partial charge in [-0.1, -0.05) is 22.0 Å². The van der Waals surface area contributed by atoms with Crippen molar-refractivity contribution in [2.45, 2.75) is 26.3 Å². The minimum absolute atomic E-state index is 0.557. The van der Waals surface area contributed by atoms with Gasteiger partial charge in [-0.05, 0) is 38.5 Å². The molecule has 6 heteroatoms. The first kappa shape index (κ1) is 14.5. The van der Waals surface area contributed by atoms with Crippen LogP contribution in [0.25, 0.3) is 0 Å². The Morgan fingerprint density at radius 2 is 1.94 bits per heavy atom. The van der Waals surface area contributed by atoms with E-state index in [-0.39, 0.29) is 0 Å². The maximum Gasteiger partial charge on any atom is 0.328 e. The van der Waals surface area contributed by atoms with Gasteiger partial charge in [-0.25, -0.2) is 9.59 Å². The first-order valence-corrected chi connectivity index (χ1v) is 6.10. The summed E-state index contributed by atoms with van der Waals surface area (Å²) in [5, 5.41) is 13.8. The van der Waals surface area contributed by atoms with Gasteiger partial charge in [-0.2, -0.15) is 0 Å². The summed E-state index contributed by atoms with van der Waals surface area (Å²) in [6, 6.07) is 4.79. The predicted molar refractivity (Wildman–Crippen MR) is 72.7 cm³/mol. The van der Waals surface area contributed by atoms with Gasteiger partial charge in [0.15, 0.2) is 0 Å². The van der Waals surface area contributed by atoms with E-state index in [1.807, 2.05) is 13.0 Å². The van der Waals surface area contributed by atoms with E-state index in [9.17, 15) is 9.59 Å². The number of halogens is 1. The molecule has 18 heavy (non-hydrogen) atoms. The fourth-order valence-electron chi connectivity index (χ4n) is 1.17. The van der Waals surface area contributed by atoms with Gasteiger partial charge in [0, 0.05) is 10.2 Å². The molecule has 0 saturated carbocycles. The molecule has 1 rings (SSSR count). The van der Waals surface area contributed by atoms with Gasteiger partial charge in [-0.3, -0.25) is 0 Å². The summed E-state index contributed by atoms with van der Waals surface area (Å²) in [5.74, 6) is -1.09. The van der Waals surface area contributed by atoms with E-state index >= 15 is 0 Å². The van der Waals surface area contributed by atoms with Crippen molar-refractivity contribution < 1.29 is 14.7 Å². The molecule has 0 fully saturated rings. The predicted octanol–water partition coefficient (Wildman–Crippen LogP) is 2.74. The molecule has 1 aromatic rings. The molecule has 0 spiro atoms. The van der Waals surface area contributed by atoms with Crippen LogP contribution >= 0.6 is 15.9 Å². The SMILES string of the molecule is Cc1ccc(NC(=O)NC(C)(C)C(=O)O)cc1Br. The summed E-state index contributed by atoms with van der Waals surface area (Å²) in [6.07, 6.45) is 0. The van der Waals surface area contributed by atoms with Crippen LogP contribution in [0, 0.1) is 6.92 Å². The second-order valence-corrected chi connectivity index (χ2v) is 5.33. The quantitative estimate of drug-likeness (QED) is 0.802. The molecule has 0 aromatic heterocycles. The van der Waals surface area contributed by atoms with Crippen molar-refractivity contribution in [1.29, 1.82) is 0 Å². The van der Waals surface area contributed by atoms with Crippen LogP contribution in [0.3, 0.4) is 0 Å². The van der Waals surface area contributed by atoms with Crippen LogP contribution in [-0.2, 0) is 4.79 Å².